The highest BCUT2D eigenvalue weighted by Crippen LogP contribution is 2.29. The Bertz CT molecular complexity index is 589. The van der Waals surface area contributed by atoms with Gasteiger partial charge in [-0.05, 0) is 30.4 Å². The van der Waals surface area contributed by atoms with Gasteiger partial charge in [-0.2, -0.15) is 0 Å². The first kappa shape index (κ1) is 15.6. The van der Waals surface area contributed by atoms with Gasteiger partial charge in [-0.3, -0.25) is 4.57 Å². The number of hydrogen-bond donors (Lipinski definition) is 1. The van der Waals surface area contributed by atoms with E-state index in [4.69, 9.17) is 28.3 Å². The Morgan fingerprint density at radius 2 is 2.10 bits per heavy atom. The second-order valence-corrected chi connectivity index (χ2v) is 6.16. The number of nitrogens with zero attached hydrogens (tertiary/aromatic N) is 3. The minimum Gasteiger partial charge on any atom is -0.396 e. The number of aromatic nitrogens is 3. The van der Waals surface area contributed by atoms with Gasteiger partial charge < -0.3 is 5.11 Å². The number of halogens is 2. The number of hydrogen-bond acceptors (Lipinski definition) is 4. The number of aliphatic hydroxyl groups excluding tert-OH is 1. The number of rotatable bonds is 6. The van der Waals surface area contributed by atoms with Crippen LogP contribution in [0.25, 0.3) is 5.69 Å². The van der Waals surface area contributed by atoms with Crippen molar-refractivity contribution in [2.45, 2.75) is 24.9 Å². The van der Waals surface area contributed by atoms with Crippen LogP contribution in [0.2, 0.25) is 10.0 Å². The van der Waals surface area contributed by atoms with E-state index >= 15 is 0 Å². The van der Waals surface area contributed by atoms with E-state index in [0.29, 0.717) is 22.9 Å². The third-order valence-corrected chi connectivity index (χ3v) is 4.03. The average Bonchev–Trinajstić information content (AvgIpc) is 2.80. The molecule has 0 radical (unpaired) electrons. The fourth-order valence-electron chi connectivity index (χ4n) is 1.83. The van der Waals surface area contributed by atoms with Crippen LogP contribution in [0.3, 0.4) is 0 Å². The van der Waals surface area contributed by atoms with Gasteiger partial charge in [0.15, 0.2) is 5.16 Å². The molecule has 0 atom stereocenters. The molecule has 0 spiro atoms. The first-order chi connectivity index (χ1) is 9.67. The van der Waals surface area contributed by atoms with Gasteiger partial charge in [0.05, 0.1) is 10.7 Å². The molecular formula is C13H15Cl2N3OS. The lowest BCUT2D eigenvalue weighted by molar-refractivity contribution is 0.287. The zero-order chi connectivity index (χ0) is 14.5. The van der Waals surface area contributed by atoms with Crippen molar-refractivity contribution >= 4 is 35.0 Å². The number of aliphatic hydroxyl groups is 1. The van der Waals surface area contributed by atoms with E-state index in [2.05, 4.69) is 17.1 Å². The van der Waals surface area contributed by atoms with Crippen LogP contribution in [0.15, 0.2) is 23.4 Å². The van der Waals surface area contributed by atoms with E-state index in [0.717, 1.165) is 22.4 Å². The fourth-order valence-corrected chi connectivity index (χ4v) is 3.01. The van der Waals surface area contributed by atoms with Crippen LogP contribution in [-0.4, -0.2) is 32.2 Å². The number of thioether (sulfide) groups is 1. The molecule has 20 heavy (non-hydrogen) atoms. The summed E-state index contributed by atoms with van der Waals surface area (Å²) in [5.74, 6) is 1.68. The van der Waals surface area contributed by atoms with E-state index in [-0.39, 0.29) is 6.61 Å². The van der Waals surface area contributed by atoms with Crippen LogP contribution in [0, 0.1) is 0 Å². The van der Waals surface area contributed by atoms with Gasteiger partial charge in [0.1, 0.15) is 5.82 Å². The Kier molecular flexibility index (Phi) is 5.72. The summed E-state index contributed by atoms with van der Waals surface area (Å²) < 4.78 is 1.93. The van der Waals surface area contributed by atoms with Crippen molar-refractivity contribution in [1.82, 2.24) is 14.8 Å². The van der Waals surface area contributed by atoms with Gasteiger partial charge in [0.25, 0.3) is 0 Å². The summed E-state index contributed by atoms with van der Waals surface area (Å²) in [4.78, 5) is 0. The Morgan fingerprint density at radius 1 is 1.30 bits per heavy atom. The monoisotopic (exact) mass is 331 g/mol. The Balaban J connectivity index is 2.47. The van der Waals surface area contributed by atoms with Gasteiger partial charge in [-0.25, -0.2) is 0 Å². The Morgan fingerprint density at radius 3 is 2.75 bits per heavy atom. The van der Waals surface area contributed by atoms with Crippen LogP contribution in [0.1, 0.15) is 19.2 Å². The molecule has 0 saturated heterocycles. The minimum absolute atomic E-state index is 0.122. The van der Waals surface area contributed by atoms with Crippen LogP contribution < -0.4 is 0 Å². The van der Waals surface area contributed by atoms with Crippen molar-refractivity contribution in [2.24, 2.45) is 0 Å². The van der Waals surface area contributed by atoms with Crippen LogP contribution >= 0.6 is 35.0 Å². The van der Waals surface area contributed by atoms with Crippen molar-refractivity contribution in [3.05, 3.63) is 34.1 Å². The van der Waals surface area contributed by atoms with Crippen molar-refractivity contribution in [3.8, 4) is 5.69 Å². The lowest BCUT2D eigenvalue weighted by atomic mass is 10.2. The van der Waals surface area contributed by atoms with E-state index < -0.39 is 0 Å². The van der Waals surface area contributed by atoms with Gasteiger partial charge >= 0.3 is 0 Å². The maximum absolute atomic E-state index is 8.98. The molecule has 7 heteroatoms. The Labute approximate surface area is 132 Å². The van der Waals surface area contributed by atoms with Crippen LogP contribution in [0.4, 0.5) is 0 Å². The first-order valence-electron chi connectivity index (χ1n) is 6.30. The molecule has 1 N–H and O–H groups in total. The molecule has 2 aromatic rings. The first-order valence-corrected chi connectivity index (χ1v) is 8.05. The second kappa shape index (κ2) is 7.31. The summed E-state index contributed by atoms with van der Waals surface area (Å²) in [7, 11) is 0. The molecule has 0 aliphatic carbocycles. The fraction of sp³-hybridized carbons (Fsp3) is 0.385. The highest BCUT2D eigenvalue weighted by molar-refractivity contribution is 7.99. The maximum atomic E-state index is 8.98. The predicted molar refractivity (Wildman–Crippen MR) is 83.2 cm³/mol. The van der Waals surface area contributed by atoms with Crippen molar-refractivity contribution in [3.63, 3.8) is 0 Å². The molecular weight excluding hydrogens is 317 g/mol. The maximum Gasteiger partial charge on any atom is 0.195 e. The Hall–Kier alpha value is -0.750. The quantitative estimate of drug-likeness (QED) is 0.821. The van der Waals surface area contributed by atoms with E-state index in [1.54, 1.807) is 23.9 Å². The highest BCUT2D eigenvalue weighted by atomic mass is 35.5. The predicted octanol–water partition coefficient (Wildman–Crippen LogP) is 3.61. The molecule has 0 bridgehead atoms. The summed E-state index contributed by atoms with van der Waals surface area (Å²) in [6, 6.07) is 5.35. The van der Waals surface area contributed by atoms with Crippen LogP contribution in [-0.2, 0) is 6.42 Å². The summed E-state index contributed by atoms with van der Waals surface area (Å²) in [5.41, 5.74) is 0.810. The van der Waals surface area contributed by atoms with Crippen molar-refractivity contribution in [1.29, 1.82) is 0 Å². The number of benzene rings is 1. The van der Waals surface area contributed by atoms with Gasteiger partial charge in [-0.1, -0.05) is 41.9 Å². The topological polar surface area (TPSA) is 50.9 Å². The zero-order valence-corrected chi connectivity index (χ0v) is 13.3. The molecule has 0 aliphatic rings. The molecule has 0 fully saturated rings. The molecule has 0 saturated carbocycles. The molecule has 0 amide bonds. The molecule has 108 valence electrons. The standard InChI is InChI=1S/C13H15Cl2N3OS/c1-2-20-13-17-16-12(4-3-7-19)18(13)11-6-5-9(14)8-10(11)15/h5-6,8,19H,2-4,7H2,1H3. The third kappa shape index (κ3) is 3.47. The van der Waals surface area contributed by atoms with E-state index in [9.17, 15) is 0 Å². The molecule has 1 aromatic carbocycles. The minimum atomic E-state index is 0.122. The summed E-state index contributed by atoms with van der Waals surface area (Å²) >= 11 is 13.8. The lowest BCUT2D eigenvalue weighted by Crippen LogP contribution is -2.04. The SMILES string of the molecule is CCSc1nnc(CCCO)n1-c1ccc(Cl)cc1Cl. The third-order valence-electron chi connectivity index (χ3n) is 2.68. The second-order valence-electron chi connectivity index (χ2n) is 4.09. The van der Waals surface area contributed by atoms with Crippen molar-refractivity contribution in [2.75, 3.05) is 12.4 Å². The molecule has 1 aromatic heterocycles. The summed E-state index contributed by atoms with van der Waals surface area (Å²) in [5, 5.41) is 19.3. The largest absolute Gasteiger partial charge is 0.396 e. The zero-order valence-electron chi connectivity index (χ0n) is 11.0. The molecule has 4 nitrogen and oxygen atoms in total. The molecule has 0 aliphatic heterocycles. The summed E-state index contributed by atoms with van der Waals surface area (Å²) in [6.07, 6.45) is 1.28. The average molecular weight is 332 g/mol. The van der Waals surface area contributed by atoms with Crippen LogP contribution in [0.5, 0.6) is 0 Å². The summed E-state index contributed by atoms with van der Waals surface area (Å²) in [6.45, 7) is 2.18. The lowest BCUT2D eigenvalue weighted by Gasteiger charge is -2.11. The van der Waals surface area contributed by atoms with Crippen molar-refractivity contribution < 1.29 is 5.11 Å². The highest BCUT2D eigenvalue weighted by Gasteiger charge is 2.16. The van der Waals surface area contributed by atoms with E-state index in [1.807, 2.05) is 10.6 Å². The van der Waals surface area contributed by atoms with Gasteiger partial charge in [0, 0.05) is 18.1 Å². The molecule has 1 heterocycles. The van der Waals surface area contributed by atoms with E-state index in [1.165, 1.54) is 0 Å². The molecule has 2 rings (SSSR count). The number of aryl methyl sites for hydroxylation is 1. The molecule has 0 unspecified atom stereocenters. The smallest absolute Gasteiger partial charge is 0.195 e. The normalized spacial score (nSPS) is 11.0. The van der Waals surface area contributed by atoms with Gasteiger partial charge in [0.2, 0.25) is 0 Å². The van der Waals surface area contributed by atoms with Gasteiger partial charge in [-0.15, -0.1) is 10.2 Å².